The lowest BCUT2D eigenvalue weighted by Crippen LogP contribution is -2.36. The van der Waals surface area contributed by atoms with Crippen LogP contribution in [0.25, 0.3) is 6.08 Å². The number of hydrogen-bond acceptors (Lipinski definition) is 7. The number of anilines is 1. The summed E-state index contributed by atoms with van der Waals surface area (Å²) in [5.74, 6) is -1.24. The van der Waals surface area contributed by atoms with Crippen LogP contribution < -0.4 is 10.1 Å². The van der Waals surface area contributed by atoms with Crippen LogP contribution in [0.3, 0.4) is 0 Å². The van der Waals surface area contributed by atoms with Crippen LogP contribution in [0, 0.1) is 0 Å². The van der Waals surface area contributed by atoms with Crippen molar-refractivity contribution < 1.29 is 28.7 Å². The molecule has 34 heavy (non-hydrogen) atoms. The number of imide groups is 1. The van der Waals surface area contributed by atoms with Crippen molar-refractivity contribution >= 4 is 62.5 Å². The Balaban J connectivity index is 1.70. The Hall–Kier alpha value is -3.11. The number of ether oxygens (including phenoxy) is 2. The molecule has 1 aliphatic heterocycles. The molecule has 1 aliphatic rings. The van der Waals surface area contributed by atoms with Gasteiger partial charge in [0.15, 0.2) is 6.61 Å². The minimum absolute atomic E-state index is 0.143. The second-order valence-electron chi connectivity index (χ2n) is 7.14. The Morgan fingerprint density at radius 3 is 2.53 bits per heavy atom. The van der Waals surface area contributed by atoms with Crippen LogP contribution in [0.4, 0.5) is 10.5 Å². The van der Waals surface area contributed by atoms with Gasteiger partial charge in [0, 0.05) is 15.7 Å². The van der Waals surface area contributed by atoms with Crippen molar-refractivity contribution in [1.82, 2.24) is 4.90 Å². The molecular formula is C24H23BrN2O6S. The van der Waals surface area contributed by atoms with E-state index in [4.69, 9.17) is 9.47 Å². The molecule has 1 fully saturated rings. The van der Waals surface area contributed by atoms with Gasteiger partial charge < -0.3 is 14.8 Å². The van der Waals surface area contributed by atoms with Crippen LogP contribution in [-0.2, 0) is 25.5 Å². The van der Waals surface area contributed by atoms with Gasteiger partial charge in [0.25, 0.3) is 11.1 Å². The molecule has 10 heteroatoms. The standard InChI is InChI=1S/C24H23BrN2O6S/c1-3-15-5-8-18(9-6-15)26-21(28)13-27-23(30)20(34-24(27)31)12-16-11-17(25)7-10-19(16)33-14-22(29)32-4-2/h5-12H,3-4,13-14H2,1-2H3,(H,26,28)/b20-12+. The third-order valence-electron chi connectivity index (χ3n) is 4.73. The van der Waals surface area contributed by atoms with Gasteiger partial charge in [-0.2, -0.15) is 0 Å². The lowest BCUT2D eigenvalue weighted by Gasteiger charge is -2.13. The maximum Gasteiger partial charge on any atom is 0.344 e. The summed E-state index contributed by atoms with van der Waals surface area (Å²) in [6, 6.07) is 12.4. The fraction of sp³-hybridized carbons (Fsp3) is 0.250. The number of aryl methyl sites for hydroxylation is 1. The summed E-state index contributed by atoms with van der Waals surface area (Å²) >= 11 is 4.10. The second-order valence-corrected chi connectivity index (χ2v) is 9.05. The molecule has 0 aliphatic carbocycles. The number of carbonyl (C=O) groups is 4. The van der Waals surface area contributed by atoms with E-state index in [-0.39, 0.29) is 18.1 Å². The SMILES string of the molecule is CCOC(=O)COc1ccc(Br)cc1/C=C1/SC(=O)N(CC(=O)Nc2ccc(CC)cc2)C1=O. The number of thioether (sulfide) groups is 1. The Labute approximate surface area is 209 Å². The van der Waals surface area contributed by atoms with Gasteiger partial charge in [0.2, 0.25) is 5.91 Å². The Morgan fingerprint density at radius 1 is 1.12 bits per heavy atom. The third-order valence-corrected chi connectivity index (χ3v) is 6.13. The van der Waals surface area contributed by atoms with Gasteiger partial charge in [-0.05, 0) is 67.1 Å². The zero-order valence-electron chi connectivity index (χ0n) is 18.6. The van der Waals surface area contributed by atoms with E-state index in [9.17, 15) is 19.2 Å². The Kier molecular flexibility index (Phi) is 8.89. The lowest BCUT2D eigenvalue weighted by molar-refractivity contribution is -0.145. The highest BCUT2D eigenvalue weighted by Gasteiger charge is 2.36. The van der Waals surface area contributed by atoms with E-state index in [0.717, 1.165) is 33.1 Å². The first kappa shape index (κ1) is 25.5. The van der Waals surface area contributed by atoms with Crippen molar-refractivity contribution in [3.8, 4) is 5.75 Å². The highest BCUT2D eigenvalue weighted by Crippen LogP contribution is 2.34. The topological polar surface area (TPSA) is 102 Å². The van der Waals surface area contributed by atoms with E-state index in [2.05, 4.69) is 21.2 Å². The number of rotatable bonds is 9. The molecule has 3 rings (SSSR count). The molecule has 1 N–H and O–H groups in total. The molecule has 0 bridgehead atoms. The van der Waals surface area contributed by atoms with Crippen molar-refractivity contribution in [1.29, 1.82) is 0 Å². The average Bonchev–Trinajstić information content (AvgIpc) is 3.06. The number of halogens is 1. The fourth-order valence-corrected chi connectivity index (χ4v) is 4.26. The summed E-state index contributed by atoms with van der Waals surface area (Å²) in [6.07, 6.45) is 2.38. The molecule has 2 aromatic rings. The minimum atomic E-state index is -0.581. The molecule has 0 aromatic heterocycles. The van der Waals surface area contributed by atoms with Gasteiger partial charge in [-0.1, -0.05) is 35.0 Å². The highest BCUT2D eigenvalue weighted by molar-refractivity contribution is 9.10. The number of nitrogens with one attached hydrogen (secondary N) is 1. The van der Waals surface area contributed by atoms with Crippen molar-refractivity contribution in [2.45, 2.75) is 20.3 Å². The lowest BCUT2D eigenvalue weighted by atomic mass is 10.1. The maximum absolute atomic E-state index is 12.8. The normalized spacial score (nSPS) is 14.4. The van der Waals surface area contributed by atoms with E-state index in [1.165, 1.54) is 6.08 Å². The molecule has 3 amide bonds. The van der Waals surface area contributed by atoms with Gasteiger partial charge in [0.1, 0.15) is 12.3 Å². The largest absolute Gasteiger partial charge is 0.481 e. The highest BCUT2D eigenvalue weighted by atomic mass is 79.9. The summed E-state index contributed by atoms with van der Waals surface area (Å²) in [5.41, 5.74) is 2.21. The molecule has 2 aromatic carbocycles. The number of benzene rings is 2. The summed E-state index contributed by atoms with van der Waals surface area (Å²) in [7, 11) is 0. The van der Waals surface area contributed by atoms with Gasteiger partial charge in [-0.25, -0.2) is 4.79 Å². The van der Waals surface area contributed by atoms with Gasteiger partial charge in [-0.15, -0.1) is 0 Å². The van der Waals surface area contributed by atoms with Crippen LogP contribution in [0.5, 0.6) is 5.75 Å². The van der Waals surface area contributed by atoms with Crippen molar-refractivity contribution in [3.05, 3.63) is 63.0 Å². The Bertz CT molecular complexity index is 1130. The summed E-state index contributed by atoms with van der Waals surface area (Å²) in [5, 5.41) is 2.15. The quantitative estimate of drug-likeness (QED) is 0.361. The molecule has 1 heterocycles. The number of hydrogen-bond donors (Lipinski definition) is 1. The molecule has 0 saturated carbocycles. The molecule has 1 saturated heterocycles. The molecule has 0 unspecified atom stereocenters. The van der Waals surface area contributed by atoms with E-state index < -0.39 is 29.6 Å². The number of carbonyl (C=O) groups excluding carboxylic acids is 4. The van der Waals surface area contributed by atoms with Crippen LogP contribution in [0.15, 0.2) is 51.8 Å². The molecule has 0 radical (unpaired) electrons. The van der Waals surface area contributed by atoms with E-state index in [1.807, 2.05) is 19.1 Å². The monoisotopic (exact) mass is 546 g/mol. The predicted octanol–water partition coefficient (Wildman–Crippen LogP) is 4.63. The van der Waals surface area contributed by atoms with E-state index in [1.54, 1.807) is 37.3 Å². The number of esters is 1. The molecule has 0 spiro atoms. The molecule has 0 atom stereocenters. The van der Waals surface area contributed by atoms with Crippen molar-refractivity contribution in [3.63, 3.8) is 0 Å². The first-order chi connectivity index (χ1) is 16.3. The van der Waals surface area contributed by atoms with Crippen LogP contribution in [0.1, 0.15) is 25.0 Å². The summed E-state index contributed by atoms with van der Waals surface area (Å²) in [6.45, 7) is 3.27. The predicted molar refractivity (Wildman–Crippen MR) is 133 cm³/mol. The zero-order valence-corrected chi connectivity index (χ0v) is 21.0. The van der Waals surface area contributed by atoms with Gasteiger partial charge in [0.05, 0.1) is 11.5 Å². The molecule has 8 nitrogen and oxygen atoms in total. The maximum atomic E-state index is 12.8. The number of nitrogens with zero attached hydrogens (tertiary/aromatic N) is 1. The zero-order chi connectivity index (χ0) is 24.7. The molecule has 178 valence electrons. The van der Waals surface area contributed by atoms with Gasteiger partial charge in [-0.3, -0.25) is 19.3 Å². The van der Waals surface area contributed by atoms with Crippen LogP contribution in [0.2, 0.25) is 0 Å². The Morgan fingerprint density at radius 2 is 1.85 bits per heavy atom. The minimum Gasteiger partial charge on any atom is -0.481 e. The average molecular weight is 547 g/mol. The van der Waals surface area contributed by atoms with Gasteiger partial charge >= 0.3 is 5.97 Å². The first-order valence-corrected chi connectivity index (χ1v) is 12.1. The van der Waals surface area contributed by atoms with Crippen molar-refractivity contribution in [2.75, 3.05) is 25.1 Å². The van der Waals surface area contributed by atoms with Crippen LogP contribution >= 0.6 is 27.7 Å². The third kappa shape index (κ3) is 6.71. The number of amides is 3. The molecular weight excluding hydrogens is 524 g/mol. The second kappa shape index (κ2) is 11.8. The summed E-state index contributed by atoms with van der Waals surface area (Å²) in [4.78, 5) is 50.4. The fourth-order valence-electron chi connectivity index (χ4n) is 3.05. The van der Waals surface area contributed by atoms with E-state index in [0.29, 0.717) is 17.0 Å². The smallest absolute Gasteiger partial charge is 0.344 e. The van der Waals surface area contributed by atoms with Crippen LogP contribution in [-0.4, -0.2) is 47.7 Å². The summed E-state index contributed by atoms with van der Waals surface area (Å²) < 4.78 is 11.1. The van der Waals surface area contributed by atoms with Crippen molar-refractivity contribution in [2.24, 2.45) is 0 Å². The van der Waals surface area contributed by atoms with E-state index >= 15 is 0 Å². The first-order valence-electron chi connectivity index (χ1n) is 10.5.